The molecule has 2 aromatic carbocycles. The number of rotatable bonds is 5. The molecule has 0 atom stereocenters. The van der Waals surface area contributed by atoms with Crippen molar-refractivity contribution in [2.75, 3.05) is 11.4 Å². The summed E-state index contributed by atoms with van der Waals surface area (Å²) < 4.78 is 40.3. The number of carbonyl (C=O) groups is 2. The molecule has 5 nitrogen and oxygen atoms in total. The fourth-order valence-electron chi connectivity index (χ4n) is 3.09. The molecule has 0 bridgehead atoms. The van der Waals surface area contributed by atoms with Crippen LogP contribution in [-0.2, 0) is 17.8 Å². The number of fused-ring (bicyclic) bond motifs is 1. The van der Waals surface area contributed by atoms with Crippen molar-refractivity contribution in [1.82, 2.24) is 5.32 Å². The molecule has 0 saturated heterocycles. The highest BCUT2D eigenvalue weighted by Gasteiger charge is 2.31. The van der Waals surface area contributed by atoms with E-state index in [1.54, 1.807) is 23.1 Å². The van der Waals surface area contributed by atoms with Gasteiger partial charge in [0, 0.05) is 30.8 Å². The average molecular weight is 392 g/mol. The SMILES string of the molecule is CCC(=O)N1CCc2cc(C(=O)NCc3ccc(OC(F)(F)F)cc3)ccc21. The van der Waals surface area contributed by atoms with Crippen molar-refractivity contribution < 1.29 is 27.5 Å². The Balaban J connectivity index is 1.61. The monoisotopic (exact) mass is 392 g/mol. The van der Waals surface area contributed by atoms with Crippen LogP contribution < -0.4 is 15.0 Å². The van der Waals surface area contributed by atoms with Crippen molar-refractivity contribution in [3.63, 3.8) is 0 Å². The molecule has 0 aromatic heterocycles. The quantitative estimate of drug-likeness (QED) is 0.842. The van der Waals surface area contributed by atoms with Gasteiger partial charge >= 0.3 is 6.36 Å². The topological polar surface area (TPSA) is 58.6 Å². The molecule has 148 valence electrons. The van der Waals surface area contributed by atoms with E-state index in [0.717, 1.165) is 11.3 Å². The second-order valence-electron chi connectivity index (χ2n) is 6.37. The van der Waals surface area contributed by atoms with Gasteiger partial charge in [-0.15, -0.1) is 13.2 Å². The van der Waals surface area contributed by atoms with Crippen LogP contribution in [0.4, 0.5) is 18.9 Å². The minimum absolute atomic E-state index is 0.0499. The highest BCUT2D eigenvalue weighted by molar-refractivity contribution is 5.98. The van der Waals surface area contributed by atoms with Gasteiger partial charge in [0.2, 0.25) is 5.91 Å². The van der Waals surface area contributed by atoms with Gasteiger partial charge in [-0.1, -0.05) is 19.1 Å². The van der Waals surface area contributed by atoms with Crippen LogP contribution in [0.1, 0.15) is 34.8 Å². The summed E-state index contributed by atoms with van der Waals surface area (Å²) in [6.45, 7) is 2.59. The Kier molecular flexibility index (Phi) is 5.58. The van der Waals surface area contributed by atoms with E-state index in [9.17, 15) is 22.8 Å². The third-order valence-corrected chi connectivity index (χ3v) is 4.45. The lowest BCUT2D eigenvalue weighted by Gasteiger charge is -2.16. The van der Waals surface area contributed by atoms with Crippen molar-refractivity contribution in [2.45, 2.75) is 32.7 Å². The number of hydrogen-bond acceptors (Lipinski definition) is 3. The summed E-state index contributed by atoms with van der Waals surface area (Å²) in [5, 5.41) is 2.74. The Hall–Kier alpha value is -3.03. The lowest BCUT2D eigenvalue weighted by atomic mass is 10.1. The average Bonchev–Trinajstić information content (AvgIpc) is 3.08. The number of nitrogens with zero attached hydrogens (tertiary/aromatic N) is 1. The number of nitrogens with one attached hydrogen (secondary N) is 1. The molecule has 2 aromatic rings. The van der Waals surface area contributed by atoms with Crippen LogP contribution in [0.5, 0.6) is 5.75 Å². The maximum Gasteiger partial charge on any atom is 0.573 e. The molecule has 1 N–H and O–H groups in total. The van der Waals surface area contributed by atoms with Crippen molar-refractivity contribution in [1.29, 1.82) is 0 Å². The lowest BCUT2D eigenvalue weighted by Crippen LogP contribution is -2.27. The van der Waals surface area contributed by atoms with Crippen LogP contribution in [0.15, 0.2) is 42.5 Å². The number of amides is 2. The van der Waals surface area contributed by atoms with Gasteiger partial charge in [0.05, 0.1) is 0 Å². The number of benzene rings is 2. The summed E-state index contributed by atoms with van der Waals surface area (Å²) >= 11 is 0. The molecule has 2 amide bonds. The molecule has 28 heavy (non-hydrogen) atoms. The molecule has 8 heteroatoms. The molecule has 1 aliphatic heterocycles. The number of ether oxygens (including phenoxy) is 1. The highest BCUT2D eigenvalue weighted by atomic mass is 19.4. The molecule has 0 spiro atoms. The summed E-state index contributed by atoms with van der Waals surface area (Å²) in [6.07, 6.45) is -3.61. The van der Waals surface area contributed by atoms with E-state index in [2.05, 4.69) is 10.1 Å². The van der Waals surface area contributed by atoms with E-state index in [-0.39, 0.29) is 24.1 Å². The second-order valence-corrected chi connectivity index (χ2v) is 6.37. The predicted octanol–water partition coefficient (Wildman–Crippen LogP) is 3.81. The highest BCUT2D eigenvalue weighted by Crippen LogP contribution is 2.29. The third-order valence-electron chi connectivity index (χ3n) is 4.45. The Labute approximate surface area is 160 Å². The summed E-state index contributed by atoms with van der Waals surface area (Å²) in [4.78, 5) is 26.0. The first-order valence-electron chi connectivity index (χ1n) is 8.83. The Morgan fingerprint density at radius 3 is 2.50 bits per heavy atom. The summed E-state index contributed by atoms with van der Waals surface area (Å²) in [7, 11) is 0. The van der Waals surface area contributed by atoms with E-state index in [4.69, 9.17) is 0 Å². The van der Waals surface area contributed by atoms with Gasteiger partial charge in [-0.25, -0.2) is 0 Å². The fourth-order valence-corrected chi connectivity index (χ4v) is 3.09. The van der Waals surface area contributed by atoms with Crippen molar-refractivity contribution in [2.24, 2.45) is 0 Å². The second kappa shape index (κ2) is 7.92. The van der Waals surface area contributed by atoms with E-state index >= 15 is 0 Å². The normalized spacial score (nSPS) is 13.2. The first-order chi connectivity index (χ1) is 13.3. The van der Waals surface area contributed by atoms with Gasteiger partial charge in [0.15, 0.2) is 0 Å². The first kappa shape index (κ1) is 19.7. The zero-order valence-electron chi connectivity index (χ0n) is 15.2. The van der Waals surface area contributed by atoms with Gasteiger partial charge < -0.3 is 15.0 Å². The van der Waals surface area contributed by atoms with Gasteiger partial charge in [0.25, 0.3) is 5.91 Å². The van der Waals surface area contributed by atoms with Crippen LogP contribution in [0, 0.1) is 0 Å². The zero-order chi connectivity index (χ0) is 20.3. The third kappa shape index (κ3) is 4.62. The number of halogens is 3. The minimum Gasteiger partial charge on any atom is -0.406 e. The van der Waals surface area contributed by atoms with Gasteiger partial charge in [-0.3, -0.25) is 9.59 Å². The Bertz CT molecular complexity index is 879. The molecule has 0 fully saturated rings. The van der Waals surface area contributed by atoms with E-state index in [1.807, 2.05) is 6.92 Å². The summed E-state index contributed by atoms with van der Waals surface area (Å²) in [6, 6.07) is 10.5. The Morgan fingerprint density at radius 1 is 1.14 bits per heavy atom. The Morgan fingerprint density at radius 2 is 1.86 bits per heavy atom. The standard InChI is InChI=1S/C20H19F3N2O3/c1-2-18(26)25-10-9-14-11-15(5-8-17(14)25)19(27)24-12-13-3-6-16(7-4-13)28-20(21,22)23/h3-8,11H,2,9-10,12H2,1H3,(H,24,27). The van der Waals surface area contributed by atoms with Crippen LogP contribution in [0.3, 0.4) is 0 Å². The fraction of sp³-hybridized carbons (Fsp3) is 0.300. The zero-order valence-corrected chi connectivity index (χ0v) is 15.2. The molecule has 0 aliphatic carbocycles. The number of anilines is 1. The molecular weight excluding hydrogens is 373 g/mol. The van der Waals surface area contributed by atoms with Crippen molar-refractivity contribution >= 4 is 17.5 Å². The first-order valence-corrected chi connectivity index (χ1v) is 8.83. The summed E-state index contributed by atoms with van der Waals surface area (Å²) in [5.74, 6) is -0.556. The number of alkyl halides is 3. The molecule has 3 rings (SSSR count). The number of carbonyl (C=O) groups excluding carboxylic acids is 2. The largest absolute Gasteiger partial charge is 0.573 e. The van der Waals surface area contributed by atoms with E-state index in [0.29, 0.717) is 30.5 Å². The van der Waals surface area contributed by atoms with Gasteiger partial charge in [0.1, 0.15) is 5.75 Å². The van der Waals surface area contributed by atoms with Gasteiger partial charge in [-0.2, -0.15) is 0 Å². The van der Waals surface area contributed by atoms with Crippen LogP contribution in [0.25, 0.3) is 0 Å². The molecule has 1 heterocycles. The van der Waals surface area contributed by atoms with E-state index < -0.39 is 6.36 Å². The van der Waals surface area contributed by atoms with Gasteiger partial charge in [-0.05, 0) is 47.9 Å². The lowest BCUT2D eigenvalue weighted by molar-refractivity contribution is -0.274. The smallest absolute Gasteiger partial charge is 0.406 e. The van der Waals surface area contributed by atoms with Crippen LogP contribution >= 0.6 is 0 Å². The van der Waals surface area contributed by atoms with E-state index in [1.165, 1.54) is 24.3 Å². The maximum absolute atomic E-state index is 12.4. The molecule has 1 aliphatic rings. The molecule has 0 saturated carbocycles. The minimum atomic E-state index is -4.74. The molecule has 0 unspecified atom stereocenters. The van der Waals surface area contributed by atoms with Crippen LogP contribution in [-0.4, -0.2) is 24.7 Å². The molecule has 0 radical (unpaired) electrons. The van der Waals surface area contributed by atoms with Crippen molar-refractivity contribution in [3.8, 4) is 5.75 Å². The number of hydrogen-bond donors (Lipinski definition) is 1. The predicted molar refractivity (Wildman–Crippen MR) is 97.1 cm³/mol. The maximum atomic E-state index is 12.4. The summed E-state index contributed by atoms with van der Waals surface area (Å²) in [5.41, 5.74) is 2.90. The van der Waals surface area contributed by atoms with Crippen LogP contribution in [0.2, 0.25) is 0 Å². The van der Waals surface area contributed by atoms with Crippen molar-refractivity contribution in [3.05, 3.63) is 59.2 Å². The molecular formula is C20H19F3N2O3.